The number of hydrogen-bond acceptors (Lipinski definition) is 6. The Morgan fingerprint density at radius 2 is 1.79 bits per heavy atom. The maximum absolute atomic E-state index is 12.9. The number of likely N-dealkylation sites (N-methyl/N-ethyl adjacent to an activating group) is 1. The fraction of sp³-hybridized carbons (Fsp3) is 0.385. The van der Waals surface area contributed by atoms with E-state index < -0.39 is 0 Å². The highest BCUT2D eigenvalue weighted by Crippen LogP contribution is 2.28. The van der Waals surface area contributed by atoms with Gasteiger partial charge in [0.1, 0.15) is 12.4 Å². The zero-order chi connectivity index (χ0) is 23.8. The third-order valence-corrected chi connectivity index (χ3v) is 5.70. The standard InChI is InChI=1S/C26H33N3O4/c1-6-29(7-2)12-13-33-24-11-8-19(14-25(24)32-5)17-27-26(30)22-15-20-9-10-21(31-4)16-23(20)28-18(22)3/h8-11,14-16H,6-7,12-13,17H2,1-5H3,(H,27,30). The van der Waals surface area contributed by atoms with Gasteiger partial charge in [-0.3, -0.25) is 9.78 Å². The van der Waals surface area contributed by atoms with E-state index in [1.807, 2.05) is 49.4 Å². The number of benzene rings is 2. The van der Waals surface area contributed by atoms with Crippen LogP contribution in [0.2, 0.25) is 0 Å². The predicted molar refractivity (Wildman–Crippen MR) is 130 cm³/mol. The number of rotatable bonds is 11. The molecular formula is C26H33N3O4. The second kappa shape index (κ2) is 11.5. The van der Waals surface area contributed by atoms with Crippen molar-refractivity contribution in [2.24, 2.45) is 0 Å². The van der Waals surface area contributed by atoms with Crippen molar-refractivity contribution in [2.75, 3.05) is 40.5 Å². The number of carbonyl (C=O) groups excluding carboxylic acids is 1. The summed E-state index contributed by atoms with van der Waals surface area (Å²) in [5.41, 5.74) is 2.94. The number of nitrogens with zero attached hydrogens (tertiary/aromatic N) is 2. The van der Waals surface area contributed by atoms with E-state index in [9.17, 15) is 4.79 Å². The van der Waals surface area contributed by atoms with Gasteiger partial charge in [-0.25, -0.2) is 0 Å². The van der Waals surface area contributed by atoms with Crippen molar-refractivity contribution >= 4 is 16.8 Å². The topological polar surface area (TPSA) is 72.9 Å². The maximum Gasteiger partial charge on any atom is 0.253 e. The normalized spacial score (nSPS) is 11.0. The molecule has 0 radical (unpaired) electrons. The monoisotopic (exact) mass is 451 g/mol. The molecule has 0 bridgehead atoms. The predicted octanol–water partition coefficient (Wildman–Crippen LogP) is 4.21. The molecule has 2 aromatic carbocycles. The van der Waals surface area contributed by atoms with Gasteiger partial charge in [-0.05, 0) is 55.9 Å². The maximum atomic E-state index is 12.9. The third kappa shape index (κ3) is 6.14. The van der Waals surface area contributed by atoms with Gasteiger partial charge in [-0.15, -0.1) is 0 Å². The van der Waals surface area contributed by atoms with Gasteiger partial charge in [0.25, 0.3) is 5.91 Å². The van der Waals surface area contributed by atoms with Crippen LogP contribution in [-0.2, 0) is 6.54 Å². The summed E-state index contributed by atoms with van der Waals surface area (Å²) in [6.45, 7) is 9.93. The van der Waals surface area contributed by atoms with Crippen LogP contribution in [0, 0.1) is 6.92 Å². The molecule has 3 rings (SSSR count). The van der Waals surface area contributed by atoms with Crippen molar-refractivity contribution in [3.05, 3.63) is 59.3 Å². The number of amides is 1. The first-order valence-corrected chi connectivity index (χ1v) is 11.2. The Morgan fingerprint density at radius 3 is 2.48 bits per heavy atom. The molecule has 1 N–H and O–H groups in total. The highest BCUT2D eigenvalue weighted by atomic mass is 16.5. The molecule has 33 heavy (non-hydrogen) atoms. The van der Waals surface area contributed by atoms with Gasteiger partial charge in [0.15, 0.2) is 11.5 Å². The van der Waals surface area contributed by atoms with Crippen LogP contribution in [0.15, 0.2) is 42.5 Å². The number of hydrogen-bond donors (Lipinski definition) is 1. The summed E-state index contributed by atoms with van der Waals surface area (Å²) in [5, 5.41) is 3.87. The van der Waals surface area contributed by atoms with Gasteiger partial charge in [0.2, 0.25) is 0 Å². The lowest BCUT2D eigenvalue weighted by Gasteiger charge is -2.19. The summed E-state index contributed by atoms with van der Waals surface area (Å²) in [6.07, 6.45) is 0. The Labute approximate surface area is 195 Å². The first kappa shape index (κ1) is 24.3. The number of aryl methyl sites for hydroxylation is 1. The van der Waals surface area contributed by atoms with Crippen molar-refractivity contribution in [1.29, 1.82) is 0 Å². The Kier molecular flexibility index (Phi) is 8.49. The molecule has 0 spiro atoms. The van der Waals surface area contributed by atoms with E-state index in [1.54, 1.807) is 14.2 Å². The number of nitrogens with one attached hydrogen (secondary N) is 1. The molecule has 7 nitrogen and oxygen atoms in total. The summed E-state index contributed by atoms with van der Waals surface area (Å²) >= 11 is 0. The second-order valence-corrected chi connectivity index (χ2v) is 7.72. The Balaban J connectivity index is 1.65. The van der Waals surface area contributed by atoms with Gasteiger partial charge in [-0.2, -0.15) is 0 Å². The van der Waals surface area contributed by atoms with E-state index in [0.29, 0.717) is 35.9 Å². The average Bonchev–Trinajstić information content (AvgIpc) is 2.84. The molecule has 0 aliphatic carbocycles. The van der Waals surface area contributed by atoms with Gasteiger partial charge < -0.3 is 24.4 Å². The number of aromatic nitrogens is 1. The number of methoxy groups -OCH3 is 2. The molecule has 1 aromatic heterocycles. The molecule has 0 unspecified atom stereocenters. The molecule has 7 heteroatoms. The van der Waals surface area contributed by atoms with Crippen LogP contribution in [0.1, 0.15) is 35.5 Å². The smallest absolute Gasteiger partial charge is 0.253 e. The largest absolute Gasteiger partial charge is 0.497 e. The molecule has 0 saturated carbocycles. The molecular weight excluding hydrogens is 418 g/mol. The molecule has 1 amide bonds. The van der Waals surface area contributed by atoms with Gasteiger partial charge in [0.05, 0.1) is 31.0 Å². The number of fused-ring (bicyclic) bond motifs is 1. The van der Waals surface area contributed by atoms with E-state index in [4.69, 9.17) is 14.2 Å². The van der Waals surface area contributed by atoms with Crippen LogP contribution in [0.4, 0.5) is 0 Å². The van der Waals surface area contributed by atoms with Crippen LogP contribution in [0.25, 0.3) is 10.9 Å². The van der Waals surface area contributed by atoms with Gasteiger partial charge >= 0.3 is 0 Å². The summed E-state index contributed by atoms with van der Waals surface area (Å²) < 4.78 is 16.7. The molecule has 3 aromatic rings. The highest BCUT2D eigenvalue weighted by molar-refractivity contribution is 5.98. The van der Waals surface area contributed by atoms with E-state index in [0.717, 1.165) is 41.9 Å². The van der Waals surface area contributed by atoms with E-state index >= 15 is 0 Å². The summed E-state index contributed by atoms with van der Waals surface area (Å²) in [4.78, 5) is 19.7. The number of carbonyl (C=O) groups is 1. The van der Waals surface area contributed by atoms with Crippen LogP contribution in [0.5, 0.6) is 17.2 Å². The highest BCUT2D eigenvalue weighted by Gasteiger charge is 2.13. The first-order chi connectivity index (χ1) is 16.0. The van der Waals surface area contributed by atoms with Crippen molar-refractivity contribution < 1.29 is 19.0 Å². The molecule has 0 aliphatic heterocycles. The van der Waals surface area contributed by atoms with E-state index in [1.165, 1.54) is 0 Å². The van der Waals surface area contributed by atoms with E-state index in [2.05, 4.69) is 29.0 Å². The Bertz CT molecular complexity index is 1100. The van der Waals surface area contributed by atoms with Crippen molar-refractivity contribution in [2.45, 2.75) is 27.3 Å². The van der Waals surface area contributed by atoms with Crippen LogP contribution in [-0.4, -0.2) is 56.3 Å². The van der Waals surface area contributed by atoms with Crippen molar-refractivity contribution in [3.8, 4) is 17.2 Å². The minimum atomic E-state index is -0.170. The lowest BCUT2D eigenvalue weighted by atomic mass is 10.1. The van der Waals surface area contributed by atoms with Gasteiger partial charge in [0, 0.05) is 24.5 Å². The molecule has 0 saturated heterocycles. The zero-order valence-electron chi connectivity index (χ0n) is 20.1. The lowest BCUT2D eigenvalue weighted by molar-refractivity contribution is 0.0950. The molecule has 176 valence electrons. The molecule has 1 heterocycles. The fourth-order valence-electron chi connectivity index (χ4n) is 3.64. The minimum absolute atomic E-state index is 0.170. The number of pyridine rings is 1. The van der Waals surface area contributed by atoms with Crippen LogP contribution in [0.3, 0.4) is 0 Å². The summed E-state index contributed by atoms with van der Waals surface area (Å²) in [6, 6.07) is 13.2. The molecule has 0 fully saturated rings. The molecule has 0 atom stereocenters. The third-order valence-electron chi connectivity index (χ3n) is 5.70. The Hall–Kier alpha value is -3.32. The lowest BCUT2D eigenvalue weighted by Crippen LogP contribution is -2.28. The van der Waals surface area contributed by atoms with E-state index in [-0.39, 0.29) is 5.91 Å². The minimum Gasteiger partial charge on any atom is -0.497 e. The van der Waals surface area contributed by atoms with Gasteiger partial charge in [-0.1, -0.05) is 19.9 Å². The second-order valence-electron chi connectivity index (χ2n) is 7.72. The molecule has 0 aliphatic rings. The quantitative estimate of drug-likeness (QED) is 0.471. The first-order valence-electron chi connectivity index (χ1n) is 11.2. The Morgan fingerprint density at radius 1 is 1.00 bits per heavy atom. The fourth-order valence-corrected chi connectivity index (χ4v) is 3.64. The zero-order valence-corrected chi connectivity index (χ0v) is 20.1. The average molecular weight is 452 g/mol. The number of ether oxygens (including phenoxy) is 3. The summed E-state index contributed by atoms with van der Waals surface area (Å²) in [7, 11) is 3.24. The van der Waals surface area contributed by atoms with Crippen LogP contribution < -0.4 is 19.5 Å². The summed E-state index contributed by atoms with van der Waals surface area (Å²) in [5.74, 6) is 1.92. The SMILES string of the molecule is CCN(CC)CCOc1ccc(CNC(=O)c2cc3ccc(OC)cc3nc2C)cc1OC. The van der Waals surface area contributed by atoms with Crippen LogP contribution >= 0.6 is 0 Å². The van der Waals surface area contributed by atoms with Crippen molar-refractivity contribution in [1.82, 2.24) is 15.2 Å². The van der Waals surface area contributed by atoms with Crippen molar-refractivity contribution in [3.63, 3.8) is 0 Å².